The van der Waals surface area contributed by atoms with E-state index in [1.807, 2.05) is 30.0 Å². The van der Waals surface area contributed by atoms with Crippen molar-refractivity contribution in [1.29, 1.82) is 0 Å². The summed E-state index contributed by atoms with van der Waals surface area (Å²) in [6.45, 7) is 4.92. The van der Waals surface area contributed by atoms with Gasteiger partial charge in [0.1, 0.15) is 16.0 Å². The molecule has 0 spiro atoms. The predicted molar refractivity (Wildman–Crippen MR) is 111 cm³/mol. The molecule has 140 valence electrons. The number of methoxy groups -OCH3 is 1. The van der Waals surface area contributed by atoms with E-state index < -0.39 is 0 Å². The molecule has 0 radical (unpaired) electrons. The third kappa shape index (κ3) is 4.04. The van der Waals surface area contributed by atoms with E-state index in [0.29, 0.717) is 28.9 Å². The lowest BCUT2D eigenvalue weighted by atomic mass is 10.2. The fourth-order valence-electron chi connectivity index (χ4n) is 2.93. The topological polar surface area (TPSA) is 50.6 Å². The van der Waals surface area contributed by atoms with Gasteiger partial charge in [-0.2, -0.15) is 5.10 Å². The Morgan fingerprint density at radius 1 is 1.27 bits per heavy atom. The number of carbonyl (C=O) groups excluding carboxylic acids is 1. The minimum absolute atomic E-state index is 0.0528. The van der Waals surface area contributed by atoms with Crippen LogP contribution in [0, 0.1) is 10.6 Å². The summed E-state index contributed by atoms with van der Waals surface area (Å²) in [4.78, 5) is 16.7. The van der Waals surface area contributed by atoms with Gasteiger partial charge in [0, 0.05) is 37.9 Å². The Hall–Kier alpha value is -1.19. The van der Waals surface area contributed by atoms with E-state index in [9.17, 15) is 4.79 Å². The highest BCUT2D eigenvalue weighted by Crippen LogP contribution is 2.30. The smallest absolute Gasteiger partial charge is 0.244 e. The zero-order chi connectivity index (χ0) is 18.8. The molecule has 3 rings (SSSR count). The quantitative estimate of drug-likeness (QED) is 0.593. The van der Waals surface area contributed by atoms with E-state index in [1.54, 1.807) is 11.8 Å². The molecule has 1 aliphatic heterocycles. The lowest BCUT2D eigenvalue weighted by Gasteiger charge is -2.36. The highest BCUT2D eigenvalue weighted by Gasteiger charge is 2.23. The third-order valence-electron chi connectivity index (χ3n) is 4.51. The molecular weight excluding hydrogens is 490 g/mol. The number of hydrogen-bond donors (Lipinski definition) is 0. The van der Waals surface area contributed by atoms with Crippen molar-refractivity contribution in [3.63, 3.8) is 0 Å². The number of piperazine rings is 1. The minimum atomic E-state index is 0.0528. The van der Waals surface area contributed by atoms with Crippen LogP contribution in [0.2, 0.25) is 10.0 Å². The maximum absolute atomic E-state index is 12.6. The van der Waals surface area contributed by atoms with Crippen LogP contribution in [0.5, 0.6) is 5.75 Å². The van der Waals surface area contributed by atoms with Crippen LogP contribution in [0.4, 0.5) is 5.69 Å². The summed E-state index contributed by atoms with van der Waals surface area (Å²) < 4.78 is 7.67. The standard InChI is InChI=1S/C17H19Cl2IN4O2/c1-11-16(19)17(20)21-24(11)10-15(25)23-7-5-22(6-8-23)12-3-4-13(18)14(9-12)26-2/h3-4,9H,5-8,10H2,1-2H3. The highest BCUT2D eigenvalue weighted by atomic mass is 127. The number of aromatic nitrogens is 2. The highest BCUT2D eigenvalue weighted by molar-refractivity contribution is 14.1. The number of anilines is 1. The Kier molecular flexibility index (Phi) is 6.19. The zero-order valence-corrected chi connectivity index (χ0v) is 18.2. The first-order chi connectivity index (χ1) is 12.4. The van der Waals surface area contributed by atoms with Crippen LogP contribution in [0.25, 0.3) is 0 Å². The van der Waals surface area contributed by atoms with Crippen molar-refractivity contribution in [2.45, 2.75) is 13.5 Å². The number of benzene rings is 1. The van der Waals surface area contributed by atoms with Gasteiger partial charge in [-0.15, -0.1) is 0 Å². The van der Waals surface area contributed by atoms with Gasteiger partial charge < -0.3 is 14.5 Å². The van der Waals surface area contributed by atoms with E-state index in [1.165, 1.54) is 0 Å². The van der Waals surface area contributed by atoms with Crippen molar-refractivity contribution < 1.29 is 9.53 Å². The molecule has 0 aliphatic carbocycles. The number of halogens is 3. The molecule has 0 unspecified atom stereocenters. The van der Waals surface area contributed by atoms with E-state index in [-0.39, 0.29) is 12.5 Å². The van der Waals surface area contributed by atoms with Gasteiger partial charge in [0.15, 0.2) is 0 Å². The number of amides is 1. The Labute approximate surface area is 176 Å². The zero-order valence-electron chi connectivity index (χ0n) is 14.5. The Balaban J connectivity index is 1.61. The van der Waals surface area contributed by atoms with Crippen molar-refractivity contribution in [3.8, 4) is 5.75 Å². The van der Waals surface area contributed by atoms with E-state index in [2.05, 4.69) is 32.6 Å². The van der Waals surface area contributed by atoms with Crippen molar-refractivity contribution in [1.82, 2.24) is 14.7 Å². The maximum Gasteiger partial charge on any atom is 0.244 e. The van der Waals surface area contributed by atoms with Gasteiger partial charge in [0.2, 0.25) is 5.91 Å². The maximum atomic E-state index is 12.6. The molecule has 2 heterocycles. The van der Waals surface area contributed by atoms with E-state index in [0.717, 1.165) is 28.2 Å². The van der Waals surface area contributed by atoms with Crippen LogP contribution < -0.4 is 9.64 Å². The van der Waals surface area contributed by atoms with Gasteiger partial charge in [-0.25, -0.2) is 0 Å². The van der Waals surface area contributed by atoms with Crippen molar-refractivity contribution in [3.05, 3.63) is 37.6 Å². The number of carbonyl (C=O) groups is 1. The lowest BCUT2D eigenvalue weighted by molar-refractivity contribution is -0.132. The lowest BCUT2D eigenvalue weighted by Crippen LogP contribution is -2.49. The van der Waals surface area contributed by atoms with Crippen LogP contribution in [-0.4, -0.2) is 53.9 Å². The average molecular weight is 509 g/mol. The molecule has 1 saturated heterocycles. The molecule has 0 atom stereocenters. The van der Waals surface area contributed by atoms with Crippen LogP contribution in [0.3, 0.4) is 0 Å². The molecule has 1 aromatic heterocycles. The van der Waals surface area contributed by atoms with Crippen LogP contribution >= 0.6 is 45.8 Å². The third-order valence-corrected chi connectivity index (χ3v) is 6.35. The number of hydrogen-bond acceptors (Lipinski definition) is 4. The molecule has 0 N–H and O–H groups in total. The van der Waals surface area contributed by atoms with Gasteiger partial charge in [0.25, 0.3) is 0 Å². The van der Waals surface area contributed by atoms with Crippen LogP contribution in [-0.2, 0) is 11.3 Å². The average Bonchev–Trinajstić information content (AvgIpc) is 2.89. The molecule has 0 bridgehead atoms. The summed E-state index contributed by atoms with van der Waals surface area (Å²) in [6, 6.07) is 5.73. The summed E-state index contributed by atoms with van der Waals surface area (Å²) >= 11 is 14.3. The monoisotopic (exact) mass is 508 g/mol. The number of rotatable bonds is 4. The second-order valence-corrected chi connectivity index (χ2v) is 7.84. The number of nitrogens with zero attached hydrogens (tertiary/aromatic N) is 4. The first-order valence-corrected chi connectivity index (χ1v) is 9.99. The minimum Gasteiger partial charge on any atom is -0.495 e. The van der Waals surface area contributed by atoms with Crippen LogP contribution in [0.15, 0.2) is 18.2 Å². The molecule has 1 aliphatic rings. The molecule has 0 saturated carbocycles. The van der Waals surface area contributed by atoms with E-state index >= 15 is 0 Å². The van der Waals surface area contributed by atoms with Gasteiger partial charge >= 0.3 is 0 Å². The van der Waals surface area contributed by atoms with Gasteiger partial charge in [-0.05, 0) is 41.6 Å². The van der Waals surface area contributed by atoms with E-state index in [4.69, 9.17) is 27.9 Å². The normalized spacial score (nSPS) is 14.7. The van der Waals surface area contributed by atoms with Gasteiger partial charge in [0.05, 0.1) is 22.8 Å². The largest absolute Gasteiger partial charge is 0.495 e. The Morgan fingerprint density at radius 3 is 2.54 bits per heavy atom. The molecular formula is C17H19Cl2IN4O2. The second kappa shape index (κ2) is 8.22. The number of ether oxygens (including phenoxy) is 1. The van der Waals surface area contributed by atoms with Gasteiger partial charge in [-0.1, -0.05) is 23.2 Å². The molecule has 1 amide bonds. The summed E-state index contributed by atoms with van der Waals surface area (Å²) in [5.41, 5.74) is 1.86. The molecule has 26 heavy (non-hydrogen) atoms. The summed E-state index contributed by atoms with van der Waals surface area (Å²) in [5.74, 6) is 0.709. The van der Waals surface area contributed by atoms with Gasteiger partial charge in [-0.3, -0.25) is 9.48 Å². The summed E-state index contributed by atoms with van der Waals surface area (Å²) in [7, 11) is 1.60. The molecule has 1 aromatic carbocycles. The predicted octanol–water partition coefficient (Wildman–Crippen LogP) is 3.46. The first kappa shape index (κ1) is 19.6. The first-order valence-electron chi connectivity index (χ1n) is 8.15. The second-order valence-electron chi connectivity index (χ2n) is 6.03. The molecule has 6 nitrogen and oxygen atoms in total. The summed E-state index contributed by atoms with van der Waals surface area (Å²) in [5, 5.41) is 5.52. The Morgan fingerprint density at radius 2 is 1.96 bits per heavy atom. The SMILES string of the molecule is COc1cc(N2CCN(C(=O)Cn3nc(I)c(Cl)c3C)CC2)ccc1Cl. The van der Waals surface area contributed by atoms with Crippen molar-refractivity contribution in [2.24, 2.45) is 0 Å². The van der Waals surface area contributed by atoms with Crippen LogP contribution in [0.1, 0.15) is 5.69 Å². The Bertz CT molecular complexity index is 819. The summed E-state index contributed by atoms with van der Waals surface area (Å²) in [6.07, 6.45) is 0. The van der Waals surface area contributed by atoms with Crippen molar-refractivity contribution >= 4 is 57.4 Å². The molecule has 9 heteroatoms. The molecule has 1 fully saturated rings. The fraction of sp³-hybridized carbons (Fsp3) is 0.412. The molecule has 2 aromatic rings. The van der Waals surface area contributed by atoms with Crippen molar-refractivity contribution in [2.75, 3.05) is 38.2 Å². The fourth-order valence-corrected chi connectivity index (χ4v) is 3.91.